The van der Waals surface area contributed by atoms with E-state index in [4.69, 9.17) is 9.47 Å². The van der Waals surface area contributed by atoms with Gasteiger partial charge >= 0.3 is 11.9 Å². The molecule has 1 unspecified atom stereocenters. The summed E-state index contributed by atoms with van der Waals surface area (Å²) in [6, 6.07) is 0. The lowest BCUT2D eigenvalue weighted by Crippen LogP contribution is -2.44. The van der Waals surface area contributed by atoms with Crippen LogP contribution in [0.4, 0.5) is 0 Å². The van der Waals surface area contributed by atoms with E-state index in [0.29, 0.717) is 0 Å². The molecule has 1 atom stereocenters. The number of ether oxygens (including phenoxy) is 2. The molecule has 0 rings (SSSR count). The first kappa shape index (κ1) is 14.7. The van der Waals surface area contributed by atoms with Gasteiger partial charge in [0.15, 0.2) is 5.41 Å². The Morgan fingerprint density at radius 2 is 1.62 bits per heavy atom. The quantitative estimate of drug-likeness (QED) is 0.396. The molecule has 0 saturated carbocycles. The maximum Gasteiger partial charge on any atom is 0.323 e. The van der Waals surface area contributed by atoms with Crippen molar-refractivity contribution in [2.45, 2.75) is 27.7 Å². The summed E-state index contributed by atoms with van der Waals surface area (Å²) in [6.45, 7) is 10.7. The van der Waals surface area contributed by atoms with E-state index in [1.54, 1.807) is 26.8 Å². The summed E-state index contributed by atoms with van der Waals surface area (Å²) < 4.78 is 9.82. The fourth-order valence-electron chi connectivity index (χ4n) is 1.25. The van der Waals surface area contributed by atoms with E-state index >= 15 is 0 Å². The second-order valence-corrected chi connectivity index (χ2v) is 3.67. The molecule has 0 aromatic rings. The van der Waals surface area contributed by atoms with Gasteiger partial charge in [0.25, 0.3) is 0 Å². The van der Waals surface area contributed by atoms with Gasteiger partial charge in [-0.25, -0.2) is 0 Å². The van der Waals surface area contributed by atoms with Crippen LogP contribution in [0.5, 0.6) is 0 Å². The van der Waals surface area contributed by atoms with Crippen LogP contribution in [0.25, 0.3) is 0 Å². The van der Waals surface area contributed by atoms with Crippen LogP contribution in [-0.2, 0) is 19.1 Å². The summed E-state index contributed by atoms with van der Waals surface area (Å²) in [5.74, 6) is -1.48. The molecule has 4 heteroatoms. The first-order valence-corrected chi connectivity index (χ1v) is 5.42. The van der Waals surface area contributed by atoms with E-state index in [0.717, 1.165) is 0 Å². The molecule has 0 N–H and O–H groups in total. The monoisotopic (exact) mass is 228 g/mol. The van der Waals surface area contributed by atoms with E-state index in [1.807, 2.05) is 0 Å². The average molecular weight is 228 g/mol. The Balaban J connectivity index is 5.09. The smallest absolute Gasteiger partial charge is 0.323 e. The van der Waals surface area contributed by atoms with Crippen LogP contribution in [0.1, 0.15) is 27.7 Å². The van der Waals surface area contributed by atoms with Gasteiger partial charge in [0.2, 0.25) is 0 Å². The van der Waals surface area contributed by atoms with E-state index in [2.05, 4.69) is 6.58 Å². The van der Waals surface area contributed by atoms with Gasteiger partial charge in [-0.2, -0.15) is 0 Å². The highest BCUT2D eigenvalue weighted by atomic mass is 16.6. The summed E-state index contributed by atoms with van der Waals surface area (Å²) >= 11 is 0. The average Bonchev–Trinajstić information content (AvgIpc) is 2.27. The SMILES string of the molecule is C=CC(C)C(C)(C(=O)OCC)C(=O)OCC. The highest BCUT2D eigenvalue weighted by Gasteiger charge is 2.47. The van der Waals surface area contributed by atoms with Crippen LogP contribution >= 0.6 is 0 Å². The fourth-order valence-corrected chi connectivity index (χ4v) is 1.25. The molecule has 0 aliphatic rings. The Morgan fingerprint density at radius 1 is 1.25 bits per heavy atom. The number of allylic oxidation sites excluding steroid dienone is 1. The van der Waals surface area contributed by atoms with Gasteiger partial charge < -0.3 is 9.47 Å². The molecule has 0 spiro atoms. The largest absolute Gasteiger partial charge is 0.465 e. The third kappa shape index (κ3) is 2.84. The number of hydrogen-bond donors (Lipinski definition) is 0. The molecule has 92 valence electrons. The molecule has 16 heavy (non-hydrogen) atoms. The maximum atomic E-state index is 11.8. The summed E-state index contributed by atoms with van der Waals surface area (Å²) in [7, 11) is 0. The number of carbonyl (C=O) groups is 2. The van der Waals surface area contributed by atoms with E-state index in [-0.39, 0.29) is 19.1 Å². The molecule has 0 fully saturated rings. The first-order chi connectivity index (χ1) is 7.44. The van der Waals surface area contributed by atoms with Crippen molar-refractivity contribution in [3.05, 3.63) is 12.7 Å². The highest BCUT2D eigenvalue weighted by Crippen LogP contribution is 2.31. The molecule has 0 aliphatic heterocycles. The van der Waals surface area contributed by atoms with Gasteiger partial charge in [-0.1, -0.05) is 13.0 Å². The van der Waals surface area contributed by atoms with Crippen LogP contribution < -0.4 is 0 Å². The second-order valence-electron chi connectivity index (χ2n) is 3.67. The summed E-state index contributed by atoms with van der Waals surface area (Å²) in [5.41, 5.74) is -1.31. The molecule has 0 aromatic heterocycles. The van der Waals surface area contributed by atoms with Crippen molar-refractivity contribution in [1.29, 1.82) is 0 Å². The van der Waals surface area contributed by atoms with Crippen molar-refractivity contribution < 1.29 is 19.1 Å². The molecule has 0 radical (unpaired) electrons. The topological polar surface area (TPSA) is 52.6 Å². The molecule has 0 aliphatic carbocycles. The number of carbonyl (C=O) groups excluding carboxylic acids is 2. The van der Waals surface area contributed by atoms with Crippen LogP contribution in [0.3, 0.4) is 0 Å². The van der Waals surface area contributed by atoms with E-state index < -0.39 is 17.4 Å². The number of esters is 2. The van der Waals surface area contributed by atoms with Gasteiger partial charge in [-0.05, 0) is 20.8 Å². The van der Waals surface area contributed by atoms with Crippen molar-refractivity contribution in [1.82, 2.24) is 0 Å². The molecular weight excluding hydrogens is 208 g/mol. The van der Waals surface area contributed by atoms with Crippen molar-refractivity contribution in [2.75, 3.05) is 13.2 Å². The molecule has 0 heterocycles. The zero-order chi connectivity index (χ0) is 12.8. The minimum atomic E-state index is -1.31. The third-order valence-electron chi connectivity index (χ3n) is 2.66. The highest BCUT2D eigenvalue weighted by molar-refractivity contribution is 6.00. The van der Waals surface area contributed by atoms with Crippen molar-refractivity contribution in [3.63, 3.8) is 0 Å². The van der Waals surface area contributed by atoms with Gasteiger partial charge in [0.05, 0.1) is 13.2 Å². The Bertz CT molecular complexity index is 252. The second kappa shape index (κ2) is 6.30. The van der Waals surface area contributed by atoms with Gasteiger partial charge in [0, 0.05) is 5.92 Å². The Hall–Kier alpha value is -1.32. The zero-order valence-corrected chi connectivity index (χ0v) is 10.4. The van der Waals surface area contributed by atoms with E-state index in [1.165, 1.54) is 6.92 Å². The van der Waals surface area contributed by atoms with Crippen LogP contribution in [0.15, 0.2) is 12.7 Å². The van der Waals surface area contributed by atoms with Crippen molar-refractivity contribution in [2.24, 2.45) is 11.3 Å². The molecule has 0 bridgehead atoms. The van der Waals surface area contributed by atoms with Gasteiger partial charge in [-0.15, -0.1) is 6.58 Å². The fraction of sp³-hybridized carbons (Fsp3) is 0.667. The Labute approximate surface area is 96.6 Å². The molecular formula is C12H20O4. The van der Waals surface area contributed by atoms with Gasteiger partial charge in [0.1, 0.15) is 0 Å². The molecule has 4 nitrogen and oxygen atoms in total. The van der Waals surface area contributed by atoms with Gasteiger partial charge in [-0.3, -0.25) is 9.59 Å². The minimum Gasteiger partial charge on any atom is -0.465 e. The Morgan fingerprint density at radius 3 is 1.88 bits per heavy atom. The summed E-state index contributed by atoms with van der Waals surface area (Å²) in [5, 5.41) is 0. The summed E-state index contributed by atoms with van der Waals surface area (Å²) in [6.07, 6.45) is 1.55. The molecule has 0 amide bonds. The number of rotatable bonds is 6. The van der Waals surface area contributed by atoms with E-state index in [9.17, 15) is 9.59 Å². The lowest BCUT2D eigenvalue weighted by molar-refractivity contribution is -0.173. The van der Waals surface area contributed by atoms with Crippen LogP contribution in [-0.4, -0.2) is 25.2 Å². The van der Waals surface area contributed by atoms with Crippen LogP contribution in [0.2, 0.25) is 0 Å². The lowest BCUT2D eigenvalue weighted by Gasteiger charge is -2.28. The van der Waals surface area contributed by atoms with Crippen LogP contribution in [0, 0.1) is 11.3 Å². The lowest BCUT2D eigenvalue weighted by atomic mass is 9.78. The van der Waals surface area contributed by atoms with Crippen molar-refractivity contribution in [3.8, 4) is 0 Å². The predicted molar refractivity (Wildman–Crippen MR) is 60.7 cm³/mol. The molecule has 0 aromatic carbocycles. The van der Waals surface area contributed by atoms with Crippen molar-refractivity contribution >= 4 is 11.9 Å². The molecule has 0 saturated heterocycles. The first-order valence-electron chi connectivity index (χ1n) is 5.42. The maximum absolute atomic E-state index is 11.8. The standard InChI is InChI=1S/C12H20O4/c1-6-9(4)12(5,10(13)15-7-2)11(14)16-8-3/h6,9H,1,7-8H2,2-5H3. The number of hydrogen-bond acceptors (Lipinski definition) is 4. The third-order valence-corrected chi connectivity index (χ3v) is 2.66. The summed E-state index contributed by atoms with van der Waals surface area (Å²) in [4.78, 5) is 23.6. The normalized spacial score (nSPS) is 12.8. The minimum absolute atomic E-state index is 0.234. The zero-order valence-electron chi connectivity index (χ0n) is 10.4. The Kier molecular flexibility index (Phi) is 5.78. The predicted octanol–water partition coefficient (Wildman–Crippen LogP) is 1.94.